The van der Waals surface area contributed by atoms with E-state index in [0.717, 1.165) is 4.47 Å². The molecule has 0 aromatic heterocycles. The Morgan fingerprint density at radius 1 is 1.25 bits per heavy atom. The minimum absolute atomic E-state index is 0.0520. The summed E-state index contributed by atoms with van der Waals surface area (Å²) in [6.45, 7) is 0.103. The van der Waals surface area contributed by atoms with Crippen molar-refractivity contribution in [1.82, 2.24) is 5.06 Å². The lowest BCUT2D eigenvalue weighted by molar-refractivity contribution is -0.197. The average Bonchev–Trinajstić information content (AvgIpc) is 2.71. The van der Waals surface area contributed by atoms with Gasteiger partial charge < -0.3 is 9.57 Å². The third-order valence-electron chi connectivity index (χ3n) is 2.57. The first kappa shape index (κ1) is 14.5. The molecule has 0 bridgehead atoms. The van der Waals surface area contributed by atoms with E-state index in [-0.39, 0.29) is 25.9 Å². The molecule has 0 radical (unpaired) electrons. The lowest BCUT2D eigenvalue weighted by Crippen LogP contribution is -2.32. The molecule has 1 heterocycles. The van der Waals surface area contributed by atoms with Gasteiger partial charge in [-0.2, -0.15) is 0 Å². The summed E-state index contributed by atoms with van der Waals surface area (Å²) >= 11 is 3.30. The molecule has 1 aromatic rings. The van der Waals surface area contributed by atoms with Crippen LogP contribution in [0.2, 0.25) is 0 Å². The molecule has 0 atom stereocenters. The van der Waals surface area contributed by atoms with Crippen molar-refractivity contribution in [2.45, 2.75) is 19.3 Å². The second-order valence-electron chi connectivity index (χ2n) is 4.10. The van der Waals surface area contributed by atoms with E-state index in [1.54, 1.807) is 18.2 Å². The summed E-state index contributed by atoms with van der Waals surface area (Å²) in [4.78, 5) is 38.7. The van der Waals surface area contributed by atoms with Crippen LogP contribution in [-0.2, 0) is 19.2 Å². The minimum atomic E-state index is -0.677. The number of ether oxygens (including phenoxy) is 1. The Balaban J connectivity index is 1.75. The molecule has 1 aliphatic rings. The molecule has 7 heteroatoms. The van der Waals surface area contributed by atoms with Crippen molar-refractivity contribution in [2.24, 2.45) is 0 Å². The van der Waals surface area contributed by atoms with Gasteiger partial charge in [-0.05, 0) is 18.2 Å². The van der Waals surface area contributed by atoms with Crippen molar-refractivity contribution in [3.63, 3.8) is 0 Å². The van der Waals surface area contributed by atoms with Gasteiger partial charge in [-0.15, -0.1) is 5.06 Å². The molecule has 0 unspecified atom stereocenters. The molecule has 106 valence electrons. The number of nitrogens with zero attached hydrogens (tertiary/aromatic N) is 1. The Hall–Kier alpha value is -1.89. The molecule has 0 spiro atoms. The van der Waals surface area contributed by atoms with Crippen LogP contribution in [0.1, 0.15) is 19.3 Å². The summed E-state index contributed by atoms with van der Waals surface area (Å²) in [5.41, 5.74) is 0. The molecular formula is C13H12BrNO5. The fraction of sp³-hybridized carbons (Fsp3) is 0.308. The molecule has 0 N–H and O–H groups in total. The standard InChI is InChI=1S/C13H12BrNO5/c14-9-2-1-3-10(8-9)19-7-6-13(18)20-15-11(16)4-5-12(15)17/h1-3,8H,4-7H2. The van der Waals surface area contributed by atoms with Crippen molar-refractivity contribution < 1.29 is 24.0 Å². The number of amides is 2. The SMILES string of the molecule is O=C(CCOc1cccc(Br)c1)ON1C(=O)CCC1=O. The number of benzene rings is 1. The molecule has 2 rings (SSSR count). The van der Waals surface area contributed by atoms with Gasteiger partial charge in [-0.1, -0.05) is 22.0 Å². The van der Waals surface area contributed by atoms with E-state index in [9.17, 15) is 14.4 Å². The largest absolute Gasteiger partial charge is 0.493 e. The van der Waals surface area contributed by atoms with Crippen LogP contribution in [0.3, 0.4) is 0 Å². The van der Waals surface area contributed by atoms with Crippen molar-refractivity contribution in [3.05, 3.63) is 28.7 Å². The topological polar surface area (TPSA) is 72.9 Å². The lowest BCUT2D eigenvalue weighted by atomic mass is 10.3. The first-order valence-corrected chi connectivity index (χ1v) is 6.80. The van der Waals surface area contributed by atoms with E-state index in [2.05, 4.69) is 15.9 Å². The second-order valence-corrected chi connectivity index (χ2v) is 5.02. The van der Waals surface area contributed by atoms with Crippen LogP contribution in [-0.4, -0.2) is 29.5 Å². The lowest BCUT2D eigenvalue weighted by Gasteiger charge is -2.12. The third kappa shape index (κ3) is 3.80. The molecule has 2 amide bonds. The normalized spacial score (nSPS) is 14.6. The number of hydroxylamine groups is 2. The molecule has 20 heavy (non-hydrogen) atoms. The highest BCUT2D eigenvalue weighted by Gasteiger charge is 2.32. The van der Waals surface area contributed by atoms with E-state index < -0.39 is 17.8 Å². The molecule has 0 aliphatic carbocycles. The smallest absolute Gasteiger partial charge is 0.336 e. The summed E-state index contributed by atoms with van der Waals surface area (Å²) in [6, 6.07) is 7.17. The fourth-order valence-electron chi connectivity index (χ4n) is 1.61. The van der Waals surface area contributed by atoms with E-state index in [1.165, 1.54) is 0 Å². The van der Waals surface area contributed by atoms with Gasteiger partial charge in [-0.3, -0.25) is 9.59 Å². The van der Waals surface area contributed by atoms with Gasteiger partial charge in [0.25, 0.3) is 11.8 Å². The van der Waals surface area contributed by atoms with Gasteiger partial charge >= 0.3 is 5.97 Å². The van der Waals surface area contributed by atoms with Crippen LogP contribution in [0.5, 0.6) is 5.75 Å². The van der Waals surface area contributed by atoms with E-state index in [1.807, 2.05) is 6.07 Å². The van der Waals surface area contributed by atoms with Gasteiger partial charge in [0, 0.05) is 17.3 Å². The zero-order chi connectivity index (χ0) is 14.5. The van der Waals surface area contributed by atoms with Gasteiger partial charge in [0.05, 0.1) is 13.0 Å². The summed E-state index contributed by atoms with van der Waals surface area (Å²) in [5, 5.41) is 0.529. The Bertz CT molecular complexity index is 529. The average molecular weight is 342 g/mol. The summed E-state index contributed by atoms with van der Waals surface area (Å²) < 4.78 is 6.22. The number of carbonyl (C=O) groups excluding carboxylic acids is 3. The number of imide groups is 1. The van der Waals surface area contributed by atoms with E-state index in [4.69, 9.17) is 9.57 Å². The predicted molar refractivity (Wildman–Crippen MR) is 71.4 cm³/mol. The summed E-state index contributed by atoms with van der Waals surface area (Å²) in [5.74, 6) is -1.04. The highest BCUT2D eigenvalue weighted by Crippen LogP contribution is 2.18. The van der Waals surface area contributed by atoms with Gasteiger partial charge in [0.2, 0.25) is 0 Å². The second kappa shape index (κ2) is 6.51. The van der Waals surface area contributed by atoms with Crippen LogP contribution in [0.15, 0.2) is 28.7 Å². The van der Waals surface area contributed by atoms with E-state index >= 15 is 0 Å². The Kier molecular flexibility index (Phi) is 4.73. The first-order chi connectivity index (χ1) is 9.56. The quantitative estimate of drug-likeness (QED) is 0.764. The van der Waals surface area contributed by atoms with Gasteiger partial charge in [-0.25, -0.2) is 4.79 Å². The number of carbonyl (C=O) groups is 3. The highest BCUT2D eigenvalue weighted by molar-refractivity contribution is 9.10. The van der Waals surface area contributed by atoms with Gasteiger partial charge in [0.1, 0.15) is 5.75 Å². The molecule has 1 aromatic carbocycles. The van der Waals surface area contributed by atoms with Gasteiger partial charge in [0.15, 0.2) is 0 Å². The van der Waals surface area contributed by atoms with Crippen LogP contribution in [0, 0.1) is 0 Å². The molecule has 1 saturated heterocycles. The van der Waals surface area contributed by atoms with Crippen LogP contribution in [0.4, 0.5) is 0 Å². The van der Waals surface area contributed by atoms with Crippen molar-refractivity contribution in [3.8, 4) is 5.75 Å². The molecule has 6 nitrogen and oxygen atoms in total. The summed E-state index contributed by atoms with van der Waals surface area (Å²) in [6.07, 6.45) is 0.116. The van der Waals surface area contributed by atoms with Crippen molar-refractivity contribution >= 4 is 33.7 Å². The molecule has 1 aliphatic heterocycles. The van der Waals surface area contributed by atoms with Crippen LogP contribution < -0.4 is 4.74 Å². The number of hydrogen-bond acceptors (Lipinski definition) is 5. The zero-order valence-corrected chi connectivity index (χ0v) is 12.1. The Morgan fingerprint density at radius 2 is 1.95 bits per heavy atom. The Labute approximate surface area is 123 Å². The van der Waals surface area contributed by atoms with Crippen LogP contribution >= 0.6 is 15.9 Å². The monoisotopic (exact) mass is 341 g/mol. The summed E-state index contributed by atoms with van der Waals surface area (Å²) in [7, 11) is 0. The van der Waals surface area contributed by atoms with Crippen molar-refractivity contribution in [1.29, 1.82) is 0 Å². The first-order valence-electron chi connectivity index (χ1n) is 6.01. The third-order valence-corrected chi connectivity index (χ3v) is 3.06. The number of halogens is 1. The molecule has 0 saturated carbocycles. The highest BCUT2D eigenvalue weighted by atomic mass is 79.9. The maximum atomic E-state index is 11.5. The minimum Gasteiger partial charge on any atom is -0.493 e. The van der Waals surface area contributed by atoms with Crippen molar-refractivity contribution in [2.75, 3.05) is 6.61 Å². The number of hydrogen-bond donors (Lipinski definition) is 0. The maximum absolute atomic E-state index is 11.5. The Morgan fingerprint density at radius 3 is 2.60 bits per heavy atom. The maximum Gasteiger partial charge on any atom is 0.336 e. The molecular weight excluding hydrogens is 330 g/mol. The molecule has 1 fully saturated rings. The number of rotatable bonds is 5. The fourth-order valence-corrected chi connectivity index (χ4v) is 1.99. The predicted octanol–water partition coefficient (Wildman–Crippen LogP) is 1.83. The zero-order valence-electron chi connectivity index (χ0n) is 10.5. The van der Waals surface area contributed by atoms with E-state index in [0.29, 0.717) is 10.8 Å². The van der Waals surface area contributed by atoms with Crippen LogP contribution in [0.25, 0.3) is 0 Å².